The van der Waals surface area contributed by atoms with Gasteiger partial charge in [0, 0.05) is 12.0 Å². The molecule has 1 aliphatic rings. The van der Waals surface area contributed by atoms with Crippen molar-refractivity contribution in [3.8, 4) is 0 Å². The average Bonchev–Trinajstić information content (AvgIpc) is 3.25. The molecule has 128 valence electrons. The first-order valence-corrected chi connectivity index (χ1v) is 9.13. The molecule has 0 spiro atoms. The van der Waals surface area contributed by atoms with Crippen LogP contribution in [0.4, 0.5) is 4.39 Å². The number of aromatic nitrogens is 1. The predicted octanol–water partition coefficient (Wildman–Crippen LogP) is 3.42. The fourth-order valence-corrected chi connectivity index (χ4v) is 3.65. The number of thiazole rings is 1. The van der Waals surface area contributed by atoms with Gasteiger partial charge in [0.1, 0.15) is 5.82 Å². The standard InChI is InChI=1S/C18H21FN2O2S/c1-2-17-20-14(11-24-17)10-16(22)21-18(15-4-3-9-23-15)12-5-7-13(19)8-6-12/h5-8,11,15,18H,2-4,9-10H2,1H3,(H,21,22)/t15-,18+/m1/s1. The molecule has 0 unspecified atom stereocenters. The molecule has 0 saturated carbocycles. The zero-order valence-corrected chi connectivity index (χ0v) is 14.4. The second-order valence-electron chi connectivity index (χ2n) is 5.91. The monoisotopic (exact) mass is 348 g/mol. The quantitative estimate of drug-likeness (QED) is 0.870. The molecule has 1 aromatic carbocycles. The van der Waals surface area contributed by atoms with Crippen LogP contribution >= 0.6 is 11.3 Å². The first-order chi connectivity index (χ1) is 11.7. The average molecular weight is 348 g/mol. The Morgan fingerprint density at radius 1 is 1.46 bits per heavy atom. The van der Waals surface area contributed by atoms with Crippen molar-refractivity contribution in [2.45, 2.75) is 44.8 Å². The fourth-order valence-electron chi connectivity index (χ4n) is 2.91. The van der Waals surface area contributed by atoms with Crippen molar-refractivity contribution >= 4 is 17.2 Å². The summed E-state index contributed by atoms with van der Waals surface area (Å²) in [7, 11) is 0. The molecule has 24 heavy (non-hydrogen) atoms. The highest BCUT2D eigenvalue weighted by Gasteiger charge is 2.28. The molecule has 2 aromatic rings. The molecule has 4 nitrogen and oxygen atoms in total. The van der Waals surface area contributed by atoms with E-state index in [0.717, 1.165) is 35.5 Å². The Hall–Kier alpha value is -1.79. The molecule has 2 atom stereocenters. The van der Waals surface area contributed by atoms with Crippen LogP contribution in [0.2, 0.25) is 0 Å². The molecule has 1 N–H and O–H groups in total. The van der Waals surface area contributed by atoms with E-state index >= 15 is 0 Å². The Morgan fingerprint density at radius 3 is 2.88 bits per heavy atom. The number of carbonyl (C=O) groups is 1. The molecule has 6 heteroatoms. The SMILES string of the molecule is CCc1nc(CC(=O)N[C@@H](c2ccc(F)cc2)[C@H]2CCCO2)cs1. The smallest absolute Gasteiger partial charge is 0.226 e. The zero-order chi connectivity index (χ0) is 16.9. The fraction of sp³-hybridized carbons (Fsp3) is 0.444. The van der Waals surface area contributed by atoms with Crippen LogP contribution in [0.5, 0.6) is 0 Å². The molecule has 1 saturated heterocycles. The maximum Gasteiger partial charge on any atom is 0.226 e. The third-order valence-electron chi connectivity index (χ3n) is 4.13. The number of hydrogen-bond donors (Lipinski definition) is 1. The van der Waals surface area contributed by atoms with Gasteiger partial charge >= 0.3 is 0 Å². The number of nitrogens with zero attached hydrogens (tertiary/aromatic N) is 1. The van der Waals surface area contributed by atoms with Crippen LogP contribution in [0.1, 0.15) is 42.1 Å². The number of nitrogens with one attached hydrogen (secondary N) is 1. The van der Waals surface area contributed by atoms with Gasteiger partial charge in [-0.2, -0.15) is 0 Å². The third kappa shape index (κ3) is 4.19. The molecule has 1 aromatic heterocycles. The minimum Gasteiger partial charge on any atom is -0.376 e. The highest BCUT2D eigenvalue weighted by molar-refractivity contribution is 7.09. The molecule has 3 rings (SSSR count). The minimum atomic E-state index is -0.286. The van der Waals surface area contributed by atoms with Gasteiger partial charge in [-0.25, -0.2) is 9.37 Å². The van der Waals surface area contributed by atoms with Gasteiger partial charge in [-0.3, -0.25) is 4.79 Å². The lowest BCUT2D eigenvalue weighted by atomic mass is 9.99. The summed E-state index contributed by atoms with van der Waals surface area (Å²) < 4.78 is 18.9. The number of amides is 1. The normalized spacial score (nSPS) is 18.5. The van der Waals surface area contributed by atoms with E-state index in [1.165, 1.54) is 12.1 Å². The van der Waals surface area contributed by atoms with Gasteiger partial charge in [0.2, 0.25) is 5.91 Å². The van der Waals surface area contributed by atoms with Crippen LogP contribution in [0.3, 0.4) is 0 Å². The van der Waals surface area contributed by atoms with E-state index in [9.17, 15) is 9.18 Å². The summed E-state index contributed by atoms with van der Waals surface area (Å²) >= 11 is 1.58. The Morgan fingerprint density at radius 2 is 2.25 bits per heavy atom. The number of ether oxygens (including phenoxy) is 1. The van der Waals surface area contributed by atoms with E-state index in [-0.39, 0.29) is 30.3 Å². The van der Waals surface area contributed by atoms with Gasteiger partial charge in [-0.15, -0.1) is 11.3 Å². The minimum absolute atomic E-state index is 0.0685. The number of rotatable bonds is 6. The molecule has 0 aliphatic carbocycles. The van der Waals surface area contributed by atoms with E-state index < -0.39 is 0 Å². The zero-order valence-electron chi connectivity index (χ0n) is 13.6. The summed E-state index contributed by atoms with van der Waals surface area (Å²) in [6.07, 6.45) is 2.92. The summed E-state index contributed by atoms with van der Waals surface area (Å²) in [5, 5.41) is 6.01. The maximum atomic E-state index is 13.2. The highest BCUT2D eigenvalue weighted by Crippen LogP contribution is 2.27. The summed E-state index contributed by atoms with van der Waals surface area (Å²) in [6.45, 7) is 2.74. The number of hydrogen-bond acceptors (Lipinski definition) is 4. The first kappa shape index (κ1) is 17.0. The number of aryl methyl sites for hydroxylation is 1. The van der Waals surface area contributed by atoms with Crippen molar-refractivity contribution in [1.29, 1.82) is 0 Å². The van der Waals surface area contributed by atoms with Crippen LogP contribution in [-0.2, 0) is 22.4 Å². The Kier molecular flexibility index (Phi) is 5.58. The van der Waals surface area contributed by atoms with Crippen LogP contribution in [0.15, 0.2) is 29.6 Å². The van der Waals surface area contributed by atoms with Crippen LogP contribution in [0, 0.1) is 5.82 Å². The predicted molar refractivity (Wildman–Crippen MR) is 91.5 cm³/mol. The summed E-state index contributed by atoms with van der Waals surface area (Å²) in [4.78, 5) is 16.9. The molecular weight excluding hydrogens is 327 g/mol. The van der Waals surface area contributed by atoms with Crippen molar-refractivity contribution in [3.63, 3.8) is 0 Å². The van der Waals surface area contributed by atoms with Crippen molar-refractivity contribution < 1.29 is 13.9 Å². The second kappa shape index (κ2) is 7.85. The van der Waals surface area contributed by atoms with E-state index in [4.69, 9.17) is 4.74 Å². The Bertz CT molecular complexity index is 681. The van der Waals surface area contributed by atoms with E-state index in [1.807, 2.05) is 12.3 Å². The molecule has 0 radical (unpaired) electrons. The van der Waals surface area contributed by atoms with Crippen molar-refractivity contribution in [2.24, 2.45) is 0 Å². The maximum absolute atomic E-state index is 13.2. The van der Waals surface area contributed by atoms with Crippen LogP contribution in [-0.4, -0.2) is 23.6 Å². The molecule has 1 aliphatic heterocycles. The molecular formula is C18H21FN2O2S. The van der Waals surface area contributed by atoms with Gasteiger partial charge < -0.3 is 10.1 Å². The highest BCUT2D eigenvalue weighted by atomic mass is 32.1. The van der Waals surface area contributed by atoms with Crippen molar-refractivity contribution in [1.82, 2.24) is 10.3 Å². The van der Waals surface area contributed by atoms with E-state index in [1.54, 1.807) is 23.5 Å². The van der Waals surface area contributed by atoms with Gasteiger partial charge in [0.15, 0.2) is 0 Å². The molecule has 1 fully saturated rings. The van der Waals surface area contributed by atoms with Crippen LogP contribution in [0.25, 0.3) is 0 Å². The first-order valence-electron chi connectivity index (χ1n) is 8.25. The molecule has 1 amide bonds. The number of benzene rings is 1. The van der Waals surface area contributed by atoms with Gasteiger partial charge in [-0.05, 0) is 37.0 Å². The van der Waals surface area contributed by atoms with Crippen molar-refractivity contribution in [3.05, 3.63) is 51.7 Å². The van der Waals surface area contributed by atoms with Crippen molar-refractivity contribution in [2.75, 3.05) is 6.61 Å². The van der Waals surface area contributed by atoms with E-state index in [2.05, 4.69) is 10.3 Å². The van der Waals surface area contributed by atoms with Gasteiger partial charge in [-0.1, -0.05) is 19.1 Å². The lowest BCUT2D eigenvalue weighted by Gasteiger charge is -2.24. The Balaban J connectivity index is 1.70. The summed E-state index contributed by atoms with van der Waals surface area (Å²) in [5.41, 5.74) is 1.66. The van der Waals surface area contributed by atoms with E-state index in [0.29, 0.717) is 6.61 Å². The van der Waals surface area contributed by atoms with Crippen LogP contribution < -0.4 is 5.32 Å². The Labute approximate surface area is 145 Å². The number of halogens is 1. The largest absolute Gasteiger partial charge is 0.376 e. The third-order valence-corrected chi connectivity index (χ3v) is 5.17. The lowest BCUT2D eigenvalue weighted by molar-refractivity contribution is -0.122. The second-order valence-corrected chi connectivity index (χ2v) is 6.85. The summed E-state index contributed by atoms with van der Waals surface area (Å²) in [6, 6.07) is 5.99. The van der Waals surface area contributed by atoms with Gasteiger partial charge in [0.25, 0.3) is 0 Å². The molecule has 2 heterocycles. The molecule has 0 bridgehead atoms. The summed E-state index contributed by atoms with van der Waals surface area (Å²) in [5.74, 6) is -0.376. The lowest BCUT2D eigenvalue weighted by Crippen LogP contribution is -2.37. The van der Waals surface area contributed by atoms with Gasteiger partial charge in [0.05, 0.1) is 29.3 Å². The topological polar surface area (TPSA) is 51.2 Å². The number of carbonyl (C=O) groups excluding carboxylic acids is 1.